The first-order valence-electron chi connectivity index (χ1n) is 11.2. The first kappa shape index (κ1) is 18.1. The first-order valence-corrected chi connectivity index (χ1v) is 11.2. The maximum Gasteiger partial charge on any atom is 0.269 e. The summed E-state index contributed by atoms with van der Waals surface area (Å²) in [6.45, 7) is 0.216. The van der Waals surface area contributed by atoms with Crippen molar-refractivity contribution < 1.29 is 14.3 Å². The smallest absolute Gasteiger partial charge is 0.269 e. The van der Waals surface area contributed by atoms with Crippen LogP contribution in [-0.4, -0.2) is 24.2 Å². The lowest BCUT2D eigenvalue weighted by Gasteiger charge is -2.57. The van der Waals surface area contributed by atoms with Crippen LogP contribution in [0.4, 0.5) is 11.4 Å². The summed E-state index contributed by atoms with van der Waals surface area (Å²) >= 11 is 0. The van der Waals surface area contributed by atoms with E-state index in [-0.39, 0.29) is 18.1 Å². The highest BCUT2D eigenvalue weighted by Crippen LogP contribution is 2.56. The summed E-state index contributed by atoms with van der Waals surface area (Å²) in [5, 5.41) is 6.98. The van der Waals surface area contributed by atoms with Crippen LogP contribution < -0.4 is 20.1 Å². The van der Waals surface area contributed by atoms with Crippen molar-refractivity contribution in [3.8, 4) is 11.5 Å². The van der Waals surface area contributed by atoms with Crippen LogP contribution in [0.3, 0.4) is 0 Å². The van der Waals surface area contributed by atoms with Crippen molar-refractivity contribution in [3.63, 3.8) is 0 Å². The van der Waals surface area contributed by atoms with Crippen molar-refractivity contribution >= 4 is 17.3 Å². The van der Waals surface area contributed by atoms with Crippen LogP contribution in [0.2, 0.25) is 0 Å². The quantitative estimate of drug-likeness (QED) is 0.765. The molecule has 0 radical (unpaired) electrons. The standard InChI is InChI=1S/C25H28N2O3/c28-24(23-15-29-21-7-3-4-8-22(21)30-23)26-19-5-1-2-6-20(19)27-25-12-16-9-17(13-25)11-18(10-16)14-25/h1-8,16-18,23,27H,9-15H2,(H,26,28). The summed E-state index contributed by atoms with van der Waals surface area (Å²) in [6, 6.07) is 15.5. The molecular formula is C25H28N2O3. The molecule has 4 bridgehead atoms. The highest BCUT2D eigenvalue weighted by molar-refractivity contribution is 5.97. The number of rotatable bonds is 4. The van der Waals surface area contributed by atoms with E-state index in [0.717, 1.165) is 29.1 Å². The first-order chi connectivity index (χ1) is 14.7. The molecule has 2 N–H and O–H groups in total. The number of ether oxygens (including phenoxy) is 2. The van der Waals surface area contributed by atoms with Crippen molar-refractivity contribution in [1.29, 1.82) is 0 Å². The molecule has 4 saturated carbocycles. The van der Waals surface area contributed by atoms with E-state index in [1.54, 1.807) is 0 Å². The predicted molar refractivity (Wildman–Crippen MR) is 116 cm³/mol. The van der Waals surface area contributed by atoms with E-state index in [1.807, 2.05) is 42.5 Å². The molecule has 5 aliphatic rings. The van der Waals surface area contributed by atoms with Crippen molar-refractivity contribution in [2.24, 2.45) is 17.8 Å². The average molecular weight is 405 g/mol. The maximum atomic E-state index is 12.9. The van der Waals surface area contributed by atoms with Gasteiger partial charge in [0.2, 0.25) is 6.10 Å². The fourth-order valence-corrected chi connectivity index (χ4v) is 6.61. The van der Waals surface area contributed by atoms with E-state index in [2.05, 4.69) is 16.7 Å². The van der Waals surface area contributed by atoms with Gasteiger partial charge in [-0.25, -0.2) is 0 Å². The Kier molecular flexibility index (Phi) is 4.18. The van der Waals surface area contributed by atoms with E-state index in [1.165, 1.54) is 38.5 Å². The molecule has 1 amide bonds. The van der Waals surface area contributed by atoms with Crippen molar-refractivity contribution in [3.05, 3.63) is 48.5 Å². The van der Waals surface area contributed by atoms with Gasteiger partial charge in [0.25, 0.3) is 5.91 Å². The Morgan fingerprint density at radius 1 is 0.833 bits per heavy atom. The lowest BCUT2D eigenvalue weighted by Crippen LogP contribution is -2.54. The molecule has 5 nitrogen and oxygen atoms in total. The van der Waals surface area contributed by atoms with E-state index in [4.69, 9.17) is 9.47 Å². The number of hydrogen-bond donors (Lipinski definition) is 2. The molecule has 2 aromatic rings. The normalized spacial score (nSPS) is 33.2. The third-order valence-corrected chi connectivity index (χ3v) is 7.42. The van der Waals surface area contributed by atoms with Crippen molar-refractivity contribution in [1.82, 2.24) is 0 Å². The third kappa shape index (κ3) is 3.21. The SMILES string of the molecule is O=C(Nc1ccccc1NC12CC3CC(CC(C3)C1)C2)C1COc2ccccc2O1. The fourth-order valence-electron chi connectivity index (χ4n) is 6.61. The summed E-state index contributed by atoms with van der Waals surface area (Å²) in [6.07, 6.45) is 7.37. The third-order valence-electron chi connectivity index (χ3n) is 7.42. The summed E-state index contributed by atoms with van der Waals surface area (Å²) in [4.78, 5) is 12.9. The number of anilines is 2. The second-order valence-electron chi connectivity index (χ2n) is 9.72. The molecule has 0 aromatic heterocycles. The van der Waals surface area contributed by atoms with Gasteiger partial charge >= 0.3 is 0 Å². The van der Waals surface area contributed by atoms with E-state index < -0.39 is 6.10 Å². The molecule has 156 valence electrons. The summed E-state index contributed by atoms with van der Waals surface area (Å²) < 4.78 is 11.6. The fraction of sp³-hybridized carbons (Fsp3) is 0.480. The van der Waals surface area contributed by atoms with Crippen LogP contribution in [0, 0.1) is 17.8 Å². The molecule has 2 aromatic carbocycles. The van der Waals surface area contributed by atoms with Crippen molar-refractivity contribution in [2.45, 2.75) is 50.2 Å². The minimum Gasteiger partial charge on any atom is -0.485 e. The average Bonchev–Trinajstić information content (AvgIpc) is 2.73. The second kappa shape index (κ2) is 6.93. The number of carbonyl (C=O) groups is 1. The highest BCUT2D eigenvalue weighted by Gasteiger charge is 2.51. The molecule has 1 heterocycles. The molecule has 5 heteroatoms. The minimum atomic E-state index is -0.660. The molecule has 0 spiro atoms. The van der Waals surface area contributed by atoms with Crippen molar-refractivity contribution in [2.75, 3.05) is 17.2 Å². The molecule has 1 aliphatic heterocycles. The largest absolute Gasteiger partial charge is 0.485 e. The van der Waals surface area contributed by atoms with Gasteiger partial charge in [-0.05, 0) is 80.5 Å². The summed E-state index contributed by atoms with van der Waals surface area (Å²) in [7, 11) is 0. The molecule has 1 atom stereocenters. The predicted octanol–water partition coefficient (Wildman–Crippen LogP) is 4.85. The van der Waals surface area contributed by atoms with Gasteiger partial charge in [-0.1, -0.05) is 24.3 Å². The highest BCUT2D eigenvalue weighted by atomic mass is 16.6. The number of para-hydroxylation sites is 4. The van der Waals surface area contributed by atoms with Gasteiger partial charge in [-0.15, -0.1) is 0 Å². The van der Waals surface area contributed by atoms with Gasteiger partial charge in [-0.2, -0.15) is 0 Å². The van der Waals surface area contributed by atoms with Gasteiger partial charge in [0.1, 0.15) is 6.61 Å². The molecule has 4 aliphatic carbocycles. The molecule has 0 saturated heterocycles. The zero-order valence-electron chi connectivity index (χ0n) is 17.1. The van der Waals surface area contributed by atoms with E-state index in [0.29, 0.717) is 11.5 Å². The number of fused-ring (bicyclic) bond motifs is 1. The van der Waals surface area contributed by atoms with Gasteiger partial charge in [-0.3, -0.25) is 4.79 Å². The number of amides is 1. The Morgan fingerprint density at radius 3 is 2.13 bits per heavy atom. The lowest BCUT2D eigenvalue weighted by molar-refractivity contribution is -0.125. The Balaban J connectivity index is 1.19. The van der Waals surface area contributed by atoms with Crippen LogP contribution in [0.15, 0.2) is 48.5 Å². The summed E-state index contributed by atoms with van der Waals surface area (Å²) in [5.74, 6) is 3.74. The number of nitrogens with one attached hydrogen (secondary N) is 2. The van der Waals surface area contributed by atoms with Gasteiger partial charge in [0.15, 0.2) is 11.5 Å². The molecule has 4 fully saturated rings. The van der Waals surface area contributed by atoms with E-state index in [9.17, 15) is 4.79 Å². The molecule has 30 heavy (non-hydrogen) atoms. The zero-order valence-corrected chi connectivity index (χ0v) is 17.1. The summed E-state index contributed by atoms with van der Waals surface area (Å²) in [5.41, 5.74) is 2.03. The molecular weight excluding hydrogens is 376 g/mol. The van der Waals surface area contributed by atoms with Gasteiger partial charge in [0, 0.05) is 5.54 Å². The van der Waals surface area contributed by atoms with Gasteiger partial charge in [0.05, 0.1) is 11.4 Å². The van der Waals surface area contributed by atoms with Crippen LogP contribution >= 0.6 is 0 Å². The lowest BCUT2D eigenvalue weighted by atomic mass is 9.53. The topological polar surface area (TPSA) is 59.6 Å². The Labute approximate surface area is 177 Å². The second-order valence-corrected chi connectivity index (χ2v) is 9.72. The number of hydrogen-bond acceptors (Lipinski definition) is 4. The number of carbonyl (C=O) groups excluding carboxylic acids is 1. The van der Waals surface area contributed by atoms with Crippen LogP contribution in [0.25, 0.3) is 0 Å². The Hall–Kier alpha value is -2.69. The zero-order chi connectivity index (χ0) is 20.1. The minimum absolute atomic E-state index is 0.177. The number of benzene rings is 2. The molecule has 7 rings (SSSR count). The molecule has 1 unspecified atom stereocenters. The Bertz CT molecular complexity index is 937. The Morgan fingerprint density at radius 2 is 1.43 bits per heavy atom. The van der Waals surface area contributed by atoms with Crippen LogP contribution in [0.5, 0.6) is 11.5 Å². The van der Waals surface area contributed by atoms with Gasteiger partial charge < -0.3 is 20.1 Å². The van der Waals surface area contributed by atoms with Crippen LogP contribution in [0.1, 0.15) is 38.5 Å². The monoisotopic (exact) mass is 404 g/mol. The van der Waals surface area contributed by atoms with Crippen LogP contribution in [-0.2, 0) is 4.79 Å². The van der Waals surface area contributed by atoms with E-state index >= 15 is 0 Å². The maximum absolute atomic E-state index is 12.9.